The zero-order valence-electron chi connectivity index (χ0n) is 11.6. The number of pyridine rings is 2. The number of aryl methyl sites for hydroxylation is 1. The molecule has 0 aromatic carbocycles. The Morgan fingerprint density at radius 2 is 2.10 bits per heavy atom. The quantitative estimate of drug-likeness (QED) is 0.845. The van der Waals surface area contributed by atoms with E-state index < -0.39 is 10.0 Å². The SMILES string of the molecule is CCNc1ncc(Br)cc1S(=O)(=O)Nc1cnccc1C. The summed E-state index contributed by atoms with van der Waals surface area (Å²) in [6.07, 6.45) is 4.63. The molecule has 0 unspecified atom stereocenters. The number of hydrogen-bond acceptors (Lipinski definition) is 5. The lowest BCUT2D eigenvalue weighted by atomic mass is 10.3. The van der Waals surface area contributed by atoms with Gasteiger partial charge in [0, 0.05) is 23.4 Å². The summed E-state index contributed by atoms with van der Waals surface area (Å²) in [6.45, 7) is 4.26. The summed E-state index contributed by atoms with van der Waals surface area (Å²) in [5.74, 6) is 0.315. The number of aromatic nitrogens is 2. The van der Waals surface area contributed by atoms with Crippen LogP contribution in [0.3, 0.4) is 0 Å². The first-order valence-electron chi connectivity index (χ1n) is 6.27. The van der Waals surface area contributed by atoms with E-state index in [0.717, 1.165) is 5.56 Å². The summed E-state index contributed by atoms with van der Waals surface area (Å²) < 4.78 is 28.3. The Hall–Kier alpha value is -1.67. The fourth-order valence-electron chi connectivity index (χ4n) is 1.70. The van der Waals surface area contributed by atoms with E-state index >= 15 is 0 Å². The minimum Gasteiger partial charge on any atom is -0.369 e. The van der Waals surface area contributed by atoms with Crippen LogP contribution < -0.4 is 10.0 Å². The maximum Gasteiger partial charge on any atom is 0.265 e. The predicted molar refractivity (Wildman–Crippen MR) is 85.9 cm³/mol. The topological polar surface area (TPSA) is 84.0 Å². The molecule has 0 fully saturated rings. The molecule has 0 aliphatic carbocycles. The molecule has 0 saturated heterocycles. The number of halogens is 1. The second kappa shape index (κ2) is 6.40. The van der Waals surface area contributed by atoms with Crippen LogP contribution in [0.1, 0.15) is 12.5 Å². The highest BCUT2D eigenvalue weighted by molar-refractivity contribution is 9.10. The third-order valence-electron chi connectivity index (χ3n) is 2.74. The minimum atomic E-state index is -3.76. The van der Waals surface area contributed by atoms with E-state index in [1.54, 1.807) is 18.5 Å². The maximum atomic E-state index is 12.6. The maximum absolute atomic E-state index is 12.6. The summed E-state index contributed by atoms with van der Waals surface area (Å²) in [5.41, 5.74) is 1.24. The van der Waals surface area contributed by atoms with Crippen molar-refractivity contribution < 1.29 is 8.42 Å². The van der Waals surface area contributed by atoms with Gasteiger partial charge in [-0.25, -0.2) is 13.4 Å². The Morgan fingerprint density at radius 1 is 1.33 bits per heavy atom. The molecule has 0 bridgehead atoms. The monoisotopic (exact) mass is 370 g/mol. The van der Waals surface area contributed by atoms with Gasteiger partial charge in [0.25, 0.3) is 10.0 Å². The molecule has 8 heteroatoms. The van der Waals surface area contributed by atoms with Crippen LogP contribution in [-0.2, 0) is 10.0 Å². The van der Waals surface area contributed by atoms with Gasteiger partial charge in [-0.15, -0.1) is 0 Å². The number of nitrogens with one attached hydrogen (secondary N) is 2. The highest BCUT2D eigenvalue weighted by atomic mass is 79.9. The minimum absolute atomic E-state index is 0.0852. The molecular formula is C13H15BrN4O2S. The van der Waals surface area contributed by atoms with Crippen molar-refractivity contribution in [3.63, 3.8) is 0 Å². The van der Waals surface area contributed by atoms with Crippen molar-refractivity contribution in [2.45, 2.75) is 18.7 Å². The van der Waals surface area contributed by atoms with Crippen molar-refractivity contribution in [2.75, 3.05) is 16.6 Å². The van der Waals surface area contributed by atoms with E-state index in [9.17, 15) is 8.42 Å². The molecule has 2 aromatic rings. The van der Waals surface area contributed by atoms with Crippen molar-refractivity contribution >= 4 is 37.5 Å². The summed E-state index contributed by atoms with van der Waals surface area (Å²) in [4.78, 5) is 8.12. The second-order valence-electron chi connectivity index (χ2n) is 4.33. The molecule has 0 atom stereocenters. The molecule has 6 nitrogen and oxygen atoms in total. The number of hydrogen-bond donors (Lipinski definition) is 2. The van der Waals surface area contributed by atoms with Gasteiger partial charge in [-0.05, 0) is 47.5 Å². The molecule has 21 heavy (non-hydrogen) atoms. The smallest absolute Gasteiger partial charge is 0.265 e. The largest absolute Gasteiger partial charge is 0.369 e. The van der Waals surface area contributed by atoms with E-state index in [0.29, 0.717) is 22.5 Å². The van der Waals surface area contributed by atoms with Gasteiger partial charge in [0.2, 0.25) is 0 Å². The van der Waals surface area contributed by atoms with Gasteiger partial charge >= 0.3 is 0 Å². The van der Waals surface area contributed by atoms with Crippen LogP contribution in [0.2, 0.25) is 0 Å². The molecule has 0 amide bonds. The van der Waals surface area contributed by atoms with Crippen molar-refractivity contribution in [1.29, 1.82) is 0 Å². The Kier molecular flexibility index (Phi) is 4.79. The van der Waals surface area contributed by atoms with Gasteiger partial charge in [0.15, 0.2) is 0 Å². The summed E-state index contributed by atoms with van der Waals surface area (Å²) in [7, 11) is -3.76. The van der Waals surface area contributed by atoms with Crippen LogP contribution in [0.5, 0.6) is 0 Å². The van der Waals surface area contributed by atoms with Gasteiger partial charge < -0.3 is 5.32 Å². The van der Waals surface area contributed by atoms with Gasteiger partial charge in [-0.3, -0.25) is 9.71 Å². The lowest BCUT2D eigenvalue weighted by Gasteiger charge is -2.13. The van der Waals surface area contributed by atoms with E-state index in [1.807, 2.05) is 13.8 Å². The predicted octanol–water partition coefficient (Wildman–Crippen LogP) is 2.78. The van der Waals surface area contributed by atoms with E-state index in [2.05, 4.69) is 35.9 Å². The Bertz CT molecular complexity index is 750. The molecule has 2 rings (SSSR count). The van der Waals surface area contributed by atoms with Gasteiger partial charge in [0.05, 0.1) is 11.9 Å². The van der Waals surface area contributed by atoms with Gasteiger partial charge in [-0.1, -0.05) is 0 Å². The Morgan fingerprint density at radius 3 is 2.76 bits per heavy atom. The standard InChI is InChI=1S/C13H15BrN4O2S/c1-3-16-13-12(6-10(14)7-17-13)21(19,20)18-11-8-15-5-4-9(11)2/h4-8,18H,3H2,1-2H3,(H,16,17). The van der Waals surface area contributed by atoms with Crippen molar-refractivity contribution in [2.24, 2.45) is 0 Å². The van der Waals surface area contributed by atoms with Crippen molar-refractivity contribution in [1.82, 2.24) is 9.97 Å². The number of nitrogens with zero attached hydrogens (tertiary/aromatic N) is 2. The van der Waals surface area contributed by atoms with Crippen LogP contribution in [-0.4, -0.2) is 24.9 Å². The number of rotatable bonds is 5. The highest BCUT2D eigenvalue weighted by Crippen LogP contribution is 2.25. The van der Waals surface area contributed by atoms with Crippen molar-refractivity contribution in [3.8, 4) is 0 Å². The number of sulfonamides is 1. The second-order valence-corrected chi connectivity index (χ2v) is 6.89. The molecule has 2 heterocycles. The summed E-state index contributed by atoms with van der Waals surface area (Å²) in [5, 5.41) is 2.94. The Labute approximate surface area is 132 Å². The van der Waals surface area contributed by atoms with E-state index in [-0.39, 0.29) is 4.90 Å². The van der Waals surface area contributed by atoms with Crippen LogP contribution in [0.15, 0.2) is 40.1 Å². The van der Waals surface area contributed by atoms with Crippen molar-refractivity contribution in [3.05, 3.63) is 40.8 Å². The average molecular weight is 371 g/mol. The zero-order chi connectivity index (χ0) is 15.5. The van der Waals surface area contributed by atoms with Crippen LogP contribution in [0.4, 0.5) is 11.5 Å². The molecule has 0 spiro atoms. The summed E-state index contributed by atoms with van der Waals surface area (Å²) in [6, 6.07) is 3.25. The zero-order valence-corrected chi connectivity index (χ0v) is 14.0. The highest BCUT2D eigenvalue weighted by Gasteiger charge is 2.21. The molecule has 2 N–H and O–H groups in total. The van der Waals surface area contributed by atoms with Crippen LogP contribution in [0.25, 0.3) is 0 Å². The van der Waals surface area contributed by atoms with Crippen LogP contribution in [0, 0.1) is 6.92 Å². The first kappa shape index (κ1) is 15.7. The first-order valence-corrected chi connectivity index (χ1v) is 8.54. The normalized spacial score (nSPS) is 11.2. The lowest BCUT2D eigenvalue weighted by molar-refractivity contribution is 0.601. The fraction of sp³-hybridized carbons (Fsp3) is 0.231. The first-order chi connectivity index (χ1) is 9.94. The Balaban J connectivity index is 2.44. The average Bonchev–Trinajstić information content (AvgIpc) is 2.43. The van der Waals surface area contributed by atoms with E-state index in [1.165, 1.54) is 12.3 Å². The third-order valence-corrected chi connectivity index (χ3v) is 4.55. The van der Waals surface area contributed by atoms with Gasteiger partial charge in [0.1, 0.15) is 10.7 Å². The lowest BCUT2D eigenvalue weighted by Crippen LogP contribution is -2.17. The van der Waals surface area contributed by atoms with E-state index in [4.69, 9.17) is 0 Å². The molecular weight excluding hydrogens is 356 g/mol. The molecule has 0 aliphatic rings. The third kappa shape index (κ3) is 3.70. The molecule has 112 valence electrons. The van der Waals surface area contributed by atoms with Gasteiger partial charge in [-0.2, -0.15) is 0 Å². The molecule has 0 radical (unpaired) electrons. The molecule has 0 saturated carbocycles. The molecule has 2 aromatic heterocycles. The number of anilines is 2. The fourth-order valence-corrected chi connectivity index (χ4v) is 3.45. The van der Waals surface area contributed by atoms with Crippen LogP contribution >= 0.6 is 15.9 Å². The molecule has 0 aliphatic heterocycles. The summed E-state index contributed by atoms with van der Waals surface area (Å²) >= 11 is 3.24.